The molecule has 0 aliphatic heterocycles. The molecule has 0 spiro atoms. The number of thiophene rings is 1. The predicted molar refractivity (Wildman–Crippen MR) is 214 cm³/mol. The number of fused-ring (bicyclic) bond motifs is 9. The molecule has 0 saturated carbocycles. The van der Waals surface area contributed by atoms with Crippen LogP contribution in [-0.2, 0) is 5.41 Å². The summed E-state index contributed by atoms with van der Waals surface area (Å²) in [5.41, 5.74) is 10.5. The van der Waals surface area contributed by atoms with Crippen molar-refractivity contribution >= 4 is 53.4 Å². The van der Waals surface area contributed by atoms with Gasteiger partial charge in [0.15, 0.2) is 17.5 Å². The van der Waals surface area contributed by atoms with Crippen LogP contribution in [-0.4, -0.2) is 15.0 Å². The summed E-state index contributed by atoms with van der Waals surface area (Å²) >= 11 is 1.87. The van der Waals surface area contributed by atoms with E-state index in [9.17, 15) is 0 Å². The monoisotopic (exact) mass is 683 g/mol. The van der Waals surface area contributed by atoms with Crippen LogP contribution in [0.1, 0.15) is 23.6 Å². The minimum atomic E-state index is -0.359. The van der Waals surface area contributed by atoms with E-state index in [2.05, 4.69) is 97.9 Å². The summed E-state index contributed by atoms with van der Waals surface area (Å²) in [6.45, 7) is 2.38. The molecule has 5 heteroatoms. The van der Waals surface area contributed by atoms with Crippen molar-refractivity contribution in [2.45, 2.75) is 12.3 Å². The number of benzene rings is 7. The van der Waals surface area contributed by atoms with E-state index in [0.717, 1.165) is 38.6 Å². The zero-order chi connectivity index (χ0) is 34.4. The van der Waals surface area contributed by atoms with Gasteiger partial charge in [-0.3, -0.25) is 0 Å². The van der Waals surface area contributed by atoms with Gasteiger partial charge in [-0.1, -0.05) is 121 Å². The zero-order valence-corrected chi connectivity index (χ0v) is 29.0. The Morgan fingerprint density at radius 3 is 1.90 bits per heavy atom. The van der Waals surface area contributed by atoms with Crippen LogP contribution in [0.5, 0.6) is 0 Å². The minimum absolute atomic E-state index is 0.359. The fourth-order valence-corrected chi connectivity index (χ4v) is 9.36. The highest BCUT2D eigenvalue weighted by Gasteiger charge is 2.41. The third kappa shape index (κ3) is 4.23. The van der Waals surface area contributed by atoms with Gasteiger partial charge in [-0.15, -0.1) is 11.3 Å². The fraction of sp³-hybridized carbons (Fsp3) is 0.0426. The number of para-hydroxylation sites is 1. The number of hydrogen-bond donors (Lipinski definition) is 0. The van der Waals surface area contributed by atoms with Gasteiger partial charge >= 0.3 is 0 Å². The standard InChI is InChI=1S/C47H29N3OS/c1-47(38-21-10-8-17-31(38)35-27-42-37(26-39(35)47)32-18-9-11-22-41(32)52-42)30-23-24-40-36(25-30)33-19-12-20-34(43(33)51-40)46-49-44(28-13-4-2-5-14-28)48-45(50-46)29-15-6-3-7-16-29/h2-27H,1H3/t47-/m0/s1. The highest BCUT2D eigenvalue weighted by molar-refractivity contribution is 7.25. The van der Waals surface area contributed by atoms with E-state index < -0.39 is 0 Å². The molecule has 52 heavy (non-hydrogen) atoms. The van der Waals surface area contributed by atoms with Crippen LogP contribution in [0.2, 0.25) is 0 Å². The van der Waals surface area contributed by atoms with E-state index in [1.165, 1.54) is 48.0 Å². The van der Waals surface area contributed by atoms with E-state index in [4.69, 9.17) is 19.4 Å². The zero-order valence-electron chi connectivity index (χ0n) is 28.2. The van der Waals surface area contributed by atoms with Crippen LogP contribution in [0.4, 0.5) is 0 Å². The van der Waals surface area contributed by atoms with Crippen LogP contribution >= 0.6 is 11.3 Å². The van der Waals surface area contributed by atoms with Crippen molar-refractivity contribution in [3.8, 4) is 45.3 Å². The summed E-state index contributed by atoms with van der Waals surface area (Å²) in [5.74, 6) is 1.83. The Hall–Kier alpha value is -6.43. The first-order chi connectivity index (χ1) is 25.6. The summed E-state index contributed by atoms with van der Waals surface area (Å²) < 4.78 is 9.36. The van der Waals surface area contributed by atoms with Crippen LogP contribution in [0.3, 0.4) is 0 Å². The quantitative estimate of drug-likeness (QED) is 0.185. The van der Waals surface area contributed by atoms with Gasteiger partial charge in [-0.25, -0.2) is 15.0 Å². The van der Waals surface area contributed by atoms with E-state index >= 15 is 0 Å². The van der Waals surface area contributed by atoms with E-state index in [-0.39, 0.29) is 5.41 Å². The topological polar surface area (TPSA) is 51.8 Å². The smallest absolute Gasteiger partial charge is 0.167 e. The van der Waals surface area contributed by atoms with Gasteiger partial charge in [-0.2, -0.15) is 0 Å². The first-order valence-electron chi connectivity index (χ1n) is 17.5. The van der Waals surface area contributed by atoms with E-state index in [0.29, 0.717) is 17.5 Å². The molecule has 0 unspecified atom stereocenters. The number of aromatic nitrogens is 3. The van der Waals surface area contributed by atoms with Gasteiger partial charge in [-0.05, 0) is 71.1 Å². The molecule has 0 saturated heterocycles. The lowest BCUT2D eigenvalue weighted by Gasteiger charge is -2.28. The van der Waals surface area contributed by atoms with Crippen molar-refractivity contribution in [2.75, 3.05) is 0 Å². The van der Waals surface area contributed by atoms with Crippen molar-refractivity contribution in [1.29, 1.82) is 0 Å². The van der Waals surface area contributed by atoms with Gasteiger partial charge in [0.25, 0.3) is 0 Å². The van der Waals surface area contributed by atoms with Crippen LogP contribution in [0.15, 0.2) is 162 Å². The first kappa shape index (κ1) is 29.3. The molecule has 10 aromatic rings. The van der Waals surface area contributed by atoms with Gasteiger partial charge in [0.1, 0.15) is 11.2 Å². The van der Waals surface area contributed by atoms with Crippen molar-refractivity contribution < 1.29 is 4.42 Å². The molecule has 4 nitrogen and oxygen atoms in total. The van der Waals surface area contributed by atoms with Crippen molar-refractivity contribution in [3.05, 3.63) is 174 Å². The van der Waals surface area contributed by atoms with E-state index in [1.54, 1.807) is 0 Å². The largest absolute Gasteiger partial charge is 0.455 e. The SMILES string of the molecule is C[C@]1(c2ccc3oc4c(-c5nc(-c6ccccc6)nc(-c6ccccc6)n5)cccc4c3c2)c2ccccc2-c2cc3sc4ccccc4c3cc21. The van der Waals surface area contributed by atoms with Crippen LogP contribution < -0.4 is 0 Å². The van der Waals surface area contributed by atoms with Gasteiger partial charge in [0, 0.05) is 47.5 Å². The maximum atomic E-state index is 6.72. The van der Waals surface area contributed by atoms with Crippen LogP contribution in [0.25, 0.3) is 87.4 Å². The fourth-order valence-electron chi connectivity index (χ4n) is 8.23. The Morgan fingerprint density at radius 2 is 1.12 bits per heavy atom. The minimum Gasteiger partial charge on any atom is -0.455 e. The summed E-state index contributed by atoms with van der Waals surface area (Å²) in [6, 6.07) is 55.7. The Balaban J connectivity index is 1.11. The second-order valence-electron chi connectivity index (χ2n) is 13.7. The second kappa shape index (κ2) is 11.0. The van der Waals surface area contributed by atoms with Gasteiger partial charge < -0.3 is 4.42 Å². The molecule has 1 aliphatic carbocycles. The van der Waals surface area contributed by atoms with Crippen molar-refractivity contribution in [1.82, 2.24) is 15.0 Å². The highest BCUT2D eigenvalue weighted by atomic mass is 32.1. The molecular weight excluding hydrogens is 655 g/mol. The van der Waals surface area contributed by atoms with Crippen molar-refractivity contribution in [2.24, 2.45) is 0 Å². The maximum Gasteiger partial charge on any atom is 0.167 e. The highest BCUT2D eigenvalue weighted by Crippen LogP contribution is 2.55. The molecular formula is C47H29N3OS. The Morgan fingerprint density at radius 1 is 0.462 bits per heavy atom. The van der Waals surface area contributed by atoms with Gasteiger partial charge in [0.2, 0.25) is 0 Å². The summed E-state index contributed by atoms with van der Waals surface area (Å²) in [6.07, 6.45) is 0. The Kier molecular flexibility index (Phi) is 6.22. The maximum absolute atomic E-state index is 6.72. The van der Waals surface area contributed by atoms with Crippen molar-refractivity contribution in [3.63, 3.8) is 0 Å². The average Bonchev–Trinajstić information content (AvgIpc) is 3.85. The average molecular weight is 684 g/mol. The number of furan rings is 1. The molecule has 3 heterocycles. The molecule has 0 N–H and O–H groups in total. The summed E-state index contributed by atoms with van der Waals surface area (Å²) in [4.78, 5) is 14.9. The first-order valence-corrected chi connectivity index (χ1v) is 18.3. The molecule has 0 fully saturated rings. The number of nitrogens with zero attached hydrogens (tertiary/aromatic N) is 3. The second-order valence-corrected chi connectivity index (χ2v) is 14.8. The normalized spacial score (nSPS) is 15.1. The molecule has 0 radical (unpaired) electrons. The van der Waals surface area contributed by atoms with Crippen LogP contribution in [0, 0.1) is 0 Å². The molecule has 0 bridgehead atoms. The van der Waals surface area contributed by atoms with E-state index in [1.807, 2.05) is 78.1 Å². The third-order valence-electron chi connectivity index (χ3n) is 10.8. The molecule has 7 aromatic carbocycles. The Bertz CT molecular complexity index is 2980. The molecule has 11 rings (SSSR count). The molecule has 0 amide bonds. The molecule has 244 valence electrons. The number of rotatable bonds is 4. The lowest BCUT2D eigenvalue weighted by atomic mass is 9.74. The molecule has 3 aromatic heterocycles. The summed E-state index contributed by atoms with van der Waals surface area (Å²) in [7, 11) is 0. The lowest BCUT2D eigenvalue weighted by molar-refractivity contribution is 0.667. The number of hydrogen-bond acceptors (Lipinski definition) is 5. The molecule has 1 aliphatic rings. The lowest BCUT2D eigenvalue weighted by Crippen LogP contribution is -2.22. The molecule has 1 atom stereocenters. The summed E-state index contributed by atoms with van der Waals surface area (Å²) in [5, 5.41) is 4.74. The predicted octanol–water partition coefficient (Wildman–Crippen LogP) is 12.5. The third-order valence-corrected chi connectivity index (χ3v) is 12.0. The van der Waals surface area contributed by atoms with Gasteiger partial charge in [0.05, 0.1) is 5.56 Å². The Labute approximate surface area is 303 Å².